The van der Waals surface area contributed by atoms with E-state index >= 15 is 0 Å². The van der Waals surface area contributed by atoms with Gasteiger partial charge in [0, 0.05) is 36.5 Å². The fourth-order valence-corrected chi connectivity index (χ4v) is 5.04. The zero-order chi connectivity index (χ0) is 20.0. The SMILES string of the molecule is CC(=O)CCCN(C)S(=O)(=O)c1cccc2c3c(ccc12)N=C(C)C3(C)C. The second-order valence-electron chi connectivity index (χ2n) is 7.77. The van der Waals surface area contributed by atoms with Crippen LogP contribution in [-0.4, -0.2) is 37.8 Å². The summed E-state index contributed by atoms with van der Waals surface area (Å²) in [7, 11) is -2.08. The summed E-state index contributed by atoms with van der Waals surface area (Å²) >= 11 is 0. The Morgan fingerprint density at radius 3 is 2.52 bits per heavy atom. The molecule has 0 saturated carbocycles. The van der Waals surface area contributed by atoms with E-state index in [0.717, 1.165) is 22.3 Å². The number of hydrogen-bond donors (Lipinski definition) is 0. The van der Waals surface area contributed by atoms with Gasteiger partial charge in [0.1, 0.15) is 5.78 Å². The van der Waals surface area contributed by atoms with Crippen LogP contribution in [0.25, 0.3) is 10.8 Å². The van der Waals surface area contributed by atoms with E-state index in [1.807, 2.05) is 25.1 Å². The monoisotopic (exact) mass is 386 g/mol. The van der Waals surface area contributed by atoms with E-state index in [4.69, 9.17) is 0 Å². The first kappa shape index (κ1) is 19.7. The van der Waals surface area contributed by atoms with Crippen molar-refractivity contribution in [2.75, 3.05) is 13.6 Å². The van der Waals surface area contributed by atoms with Gasteiger partial charge in [0.05, 0.1) is 10.6 Å². The number of rotatable bonds is 6. The maximum Gasteiger partial charge on any atom is 0.243 e. The highest BCUT2D eigenvalue weighted by Crippen LogP contribution is 2.45. The lowest BCUT2D eigenvalue weighted by atomic mass is 9.80. The molecule has 0 amide bonds. The molecule has 0 unspecified atom stereocenters. The molecule has 2 aromatic rings. The first-order chi connectivity index (χ1) is 12.6. The highest BCUT2D eigenvalue weighted by atomic mass is 32.2. The molecule has 1 heterocycles. The second-order valence-corrected chi connectivity index (χ2v) is 9.78. The molecule has 1 aliphatic heterocycles. The molecule has 0 bridgehead atoms. The normalized spacial score (nSPS) is 15.9. The van der Waals surface area contributed by atoms with Gasteiger partial charge in [-0.05, 0) is 43.4 Å². The molecule has 0 aliphatic carbocycles. The van der Waals surface area contributed by atoms with Crippen molar-refractivity contribution in [3.05, 3.63) is 35.9 Å². The van der Waals surface area contributed by atoms with E-state index in [1.165, 1.54) is 11.2 Å². The minimum Gasteiger partial charge on any atom is -0.300 e. The van der Waals surface area contributed by atoms with E-state index in [9.17, 15) is 13.2 Å². The van der Waals surface area contributed by atoms with Crippen LogP contribution in [0.15, 0.2) is 40.2 Å². The van der Waals surface area contributed by atoms with Gasteiger partial charge in [0.15, 0.2) is 0 Å². The van der Waals surface area contributed by atoms with Gasteiger partial charge in [0.25, 0.3) is 0 Å². The molecule has 0 radical (unpaired) electrons. The predicted octanol–water partition coefficient (Wildman–Crippen LogP) is 4.21. The molecule has 1 aliphatic rings. The standard InChI is InChI=1S/C21H26N2O3S/c1-14(24)8-7-13-23(5)27(25,26)19-10-6-9-17-16(19)11-12-18-20(17)21(3,4)15(2)22-18/h6,9-12H,7-8,13H2,1-5H3. The fourth-order valence-electron chi connectivity index (χ4n) is 3.63. The number of carbonyl (C=O) groups is 1. The Balaban J connectivity index is 2.07. The van der Waals surface area contributed by atoms with E-state index < -0.39 is 10.0 Å². The zero-order valence-electron chi connectivity index (χ0n) is 16.5. The number of sulfonamides is 1. The van der Waals surface area contributed by atoms with E-state index in [-0.39, 0.29) is 11.2 Å². The van der Waals surface area contributed by atoms with Crippen LogP contribution in [0.2, 0.25) is 0 Å². The molecule has 0 fully saturated rings. The van der Waals surface area contributed by atoms with Crippen molar-refractivity contribution in [2.45, 2.75) is 50.8 Å². The number of Topliss-reactive ketones (excluding diaryl/α,β-unsaturated/α-hetero) is 1. The smallest absolute Gasteiger partial charge is 0.243 e. The van der Waals surface area contributed by atoms with Crippen LogP contribution in [-0.2, 0) is 20.2 Å². The van der Waals surface area contributed by atoms with Crippen molar-refractivity contribution in [2.24, 2.45) is 4.99 Å². The average Bonchev–Trinajstić information content (AvgIpc) is 2.83. The van der Waals surface area contributed by atoms with Gasteiger partial charge in [-0.1, -0.05) is 32.0 Å². The van der Waals surface area contributed by atoms with Crippen LogP contribution in [0.5, 0.6) is 0 Å². The molecule has 0 N–H and O–H groups in total. The van der Waals surface area contributed by atoms with Crippen LogP contribution >= 0.6 is 0 Å². The number of carbonyl (C=O) groups excluding carboxylic acids is 1. The number of ketones is 1. The molecule has 0 atom stereocenters. The molecule has 6 heteroatoms. The lowest BCUT2D eigenvalue weighted by Gasteiger charge is -2.23. The molecular formula is C21H26N2O3S. The van der Waals surface area contributed by atoms with Gasteiger partial charge in [0.2, 0.25) is 10.0 Å². The number of benzene rings is 2. The highest BCUT2D eigenvalue weighted by Gasteiger charge is 2.35. The lowest BCUT2D eigenvalue weighted by molar-refractivity contribution is -0.117. The van der Waals surface area contributed by atoms with Gasteiger partial charge in [-0.25, -0.2) is 12.7 Å². The van der Waals surface area contributed by atoms with E-state index in [2.05, 4.69) is 18.8 Å². The Morgan fingerprint density at radius 1 is 1.15 bits per heavy atom. The molecule has 3 rings (SSSR count). The predicted molar refractivity (Wildman–Crippen MR) is 109 cm³/mol. The Hall–Kier alpha value is -2.05. The van der Waals surface area contributed by atoms with Crippen molar-refractivity contribution in [1.82, 2.24) is 4.31 Å². The van der Waals surface area contributed by atoms with E-state index in [0.29, 0.717) is 29.7 Å². The largest absolute Gasteiger partial charge is 0.300 e. The minimum atomic E-state index is -3.65. The molecule has 2 aromatic carbocycles. The molecule has 0 aromatic heterocycles. The van der Waals surface area contributed by atoms with E-state index in [1.54, 1.807) is 19.2 Å². The van der Waals surface area contributed by atoms with Gasteiger partial charge in [-0.3, -0.25) is 4.99 Å². The molecule has 144 valence electrons. The molecule has 0 saturated heterocycles. The third-order valence-corrected chi connectivity index (χ3v) is 7.42. The first-order valence-corrected chi connectivity index (χ1v) is 10.6. The van der Waals surface area contributed by atoms with Crippen LogP contribution in [0.4, 0.5) is 5.69 Å². The fraction of sp³-hybridized carbons (Fsp3) is 0.429. The number of aliphatic imine (C=N–C) groups is 1. The second kappa shape index (κ2) is 6.84. The Morgan fingerprint density at radius 2 is 1.85 bits per heavy atom. The Labute approximate surface area is 161 Å². The van der Waals surface area contributed by atoms with Crippen molar-refractivity contribution in [3.63, 3.8) is 0 Å². The number of fused-ring (bicyclic) bond motifs is 3. The van der Waals surface area contributed by atoms with Crippen LogP contribution in [0, 0.1) is 0 Å². The first-order valence-electron chi connectivity index (χ1n) is 9.14. The molecular weight excluding hydrogens is 360 g/mol. The molecule has 5 nitrogen and oxygen atoms in total. The highest BCUT2D eigenvalue weighted by molar-refractivity contribution is 7.89. The molecule has 27 heavy (non-hydrogen) atoms. The quantitative estimate of drug-likeness (QED) is 0.747. The topological polar surface area (TPSA) is 66.8 Å². The van der Waals surface area contributed by atoms with Gasteiger partial charge >= 0.3 is 0 Å². The van der Waals surface area contributed by atoms with Gasteiger partial charge in [-0.15, -0.1) is 0 Å². The molecule has 0 spiro atoms. The summed E-state index contributed by atoms with van der Waals surface area (Å²) in [6.45, 7) is 8.08. The summed E-state index contributed by atoms with van der Waals surface area (Å²) in [4.78, 5) is 16.1. The zero-order valence-corrected chi connectivity index (χ0v) is 17.4. The minimum absolute atomic E-state index is 0.0686. The van der Waals surface area contributed by atoms with Crippen LogP contribution in [0.1, 0.15) is 46.1 Å². The summed E-state index contributed by atoms with van der Waals surface area (Å²) in [5.41, 5.74) is 2.78. The van der Waals surface area contributed by atoms with Crippen LogP contribution < -0.4 is 0 Å². The van der Waals surface area contributed by atoms with Gasteiger partial charge < -0.3 is 4.79 Å². The van der Waals surface area contributed by atoms with Crippen molar-refractivity contribution in [1.29, 1.82) is 0 Å². The Kier molecular flexibility index (Phi) is 4.99. The van der Waals surface area contributed by atoms with Gasteiger partial charge in [-0.2, -0.15) is 0 Å². The number of hydrogen-bond acceptors (Lipinski definition) is 4. The summed E-state index contributed by atoms with van der Waals surface area (Å²) in [5.74, 6) is 0.0686. The van der Waals surface area contributed by atoms with Crippen LogP contribution in [0.3, 0.4) is 0 Å². The maximum atomic E-state index is 13.2. The van der Waals surface area contributed by atoms with Crippen molar-refractivity contribution >= 4 is 38.0 Å². The number of nitrogens with zero attached hydrogens (tertiary/aromatic N) is 2. The van der Waals surface area contributed by atoms with Crippen molar-refractivity contribution in [3.8, 4) is 0 Å². The third-order valence-electron chi connectivity index (χ3n) is 5.51. The average molecular weight is 387 g/mol. The lowest BCUT2D eigenvalue weighted by Crippen LogP contribution is -2.28. The maximum absolute atomic E-state index is 13.2. The summed E-state index contributed by atoms with van der Waals surface area (Å²) in [6.07, 6.45) is 0.902. The Bertz CT molecular complexity index is 1050. The summed E-state index contributed by atoms with van der Waals surface area (Å²) in [6, 6.07) is 9.18. The third kappa shape index (κ3) is 3.32. The summed E-state index contributed by atoms with van der Waals surface area (Å²) < 4.78 is 27.7. The summed E-state index contributed by atoms with van der Waals surface area (Å²) in [5, 5.41) is 1.64. The van der Waals surface area contributed by atoms with Crippen molar-refractivity contribution < 1.29 is 13.2 Å².